The summed E-state index contributed by atoms with van der Waals surface area (Å²) in [5.41, 5.74) is 5.98. The number of amides is 1. The highest BCUT2D eigenvalue weighted by molar-refractivity contribution is 7.09. The van der Waals surface area contributed by atoms with E-state index in [1.807, 2.05) is 0 Å². The zero-order chi connectivity index (χ0) is 15.1. The van der Waals surface area contributed by atoms with Gasteiger partial charge < -0.3 is 11.1 Å². The molecule has 6 heteroatoms. The smallest absolute Gasteiger partial charge is 0.270 e. The minimum atomic E-state index is -0.100. The predicted octanol–water partition coefficient (Wildman–Crippen LogP) is 1.49. The van der Waals surface area contributed by atoms with Crippen molar-refractivity contribution in [2.75, 3.05) is 19.6 Å². The van der Waals surface area contributed by atoms with Crippen molar-refractivity contribution < 1.29 is 4.79 Å². The number of nitrogens with two attached hydrogens (primary N) is 1. The minimum Gasteiger partial charge on any atom is -0.349 e. The maximum Gasteiger partial charge on any atom is 0.270 e. The van der Waals surface area contributed by atoms with Crippen LogP contribution in [0.1, 0.15) is 43.2 Å². The molecule has 0 radical (unpaired) electrons. The summed E-state index contributed by atoms with van der Waals surface area (Å²) in [6.45, 7) is 10.7. The predicted molar refractivity (Wildman–Crippen MR) is 84.2 cm³/mol. The molecule has 0 saturated heterocycles. The molecule has 0 aliphatic heterocycles. The molecule has 1 heterocycles. The van der Waals surface area contributed by atoms with Crippen LogP contribution >= 0.6 is 11.3 Å². The fraction of sp³-hybridized carbons (Fsp3) is 0.714. The monoisotopic (exact) mass is 298 g/mol. The Labute approximate surface area is 125 Å². The molecule has 0 fully saturated rings. The molecular weight excluding hydrogens is 272 g/mol. The second-order valence-electron chi connectivity index (χ2n) is 5.35. The SMILES string of the molecule is CC(C)N(CCNC(=O)c1csc(CCN)n1)C(C)C. The van der Waals surface area contributed by atoms with Crippen LogP contribution in [0.25, 0.3) is 0 Å². The van der Waals surface area contributed by atoms with Crippen LogP contribution < -0.4 is 11.1 Å². The molecule has 0 bridgehead atoms. The van der Waals surface area contributed by atoms with Gasteiger partial charge in [0.1, 0.15) is 5.69 Å². The summed E-state index contributed by atoms with van der Waals surface area (Å²) in [5.74, 6) is -0.100. The van der Waals surface area contributed by atoms with E-state index in [0.29, 0.717) is 30.9 Å². The Hall–Kier alpha value is -0.980. The molecule has 5 nitrogen and oxygen atoms in total. The van der Waals surface area contributed by atoms with E-state index in [4.69, 9.17) is 5.73 Å². The third kappa shape index (κ3) is 5.19. The van der Waals surface area contributed by atoms with E-state index in [9.17, 15) is 4.79 Å². The third-order valence-corrected chi connectivity index (χ3v) is 4.03. The van der Waals surface area contributed by atoms with Gasteiger partial charge in [-0.3, -0.25) is 9.69 Å². The number of nitrogens with zero attached hydrogens (tertiary/aromatic N) is 2. The number of carbonyl (C=O) groups is 1. The Bertz CT molecular complexity index is 409. The van der Waals surface area contributed by atoms with Crippen molar-refractivity contribution in [3.8, 4) is 0 Å². The van der Waals surface area contributed by atoms with Crippen molar-refractivity contribution in [1.29, 1.82) is 0 Å². The molecule has 1 aromatic rings. The fourth-order valence-corrected chi connectivity index (χ4v) is 2.95. The van der Waals surface area contributed by atoms with Crippen molar-refractivity contribution in [3.63, 3.8) is 0 Å². The molecular formula is C14H26N4OS. The number of hydrogen-bond acceptors (Lipinski definition) is 5. The zero-order valence-corrected chi connectivity index (χ0v) is 13.7. The molecule has 0 aromatic carbocycles. The summed E-state index contributed by atoms with van der Waals surface area (Å²) < 4.78 is 0. The molecule has 0 aliphatic rings. The molecule has 1 aromatic heterocycles. The molecule has 0 atom stereocenters. The fourth-order valence-electron chi connectivity index (χ4n) is 2.16. The average Bonchev–Trinajstić information content (AvgIpc) is 2.82. The number of thiazole rings is 1. The summed E-state index contributed by atoms with van der Waals surface area (Å²) in [4.78, 5) is 18.6. The molecule has 20 heavy (non-hydrogen) atoms. The van der Waals surface area contributed by atoms with Crippen molar-refractivity contribution >= 4 is 17.2 Å². The number of carbonyl (C=O) groups excluding carboxylic acids is 1. The summed E-state index contributed by atoms with van der Waals surface area (Å²) in [5, 5.41) is 5.64. The Morgan fingerprint density at radius 2 is 2.05 bits per heavy atom. The van der Waals surface area contributed by atoms with Gasteiger partial charge in [0.15, 0.2) is 0 Å². The normalized spacial score (nSPS) is 11.6. The van der Waals surface area contributed by atoms with Gasteiger partial charge in [-0.1, -0.05) is 0 Å². The van der Waals surface area contributed by atoms with Gasteiger partial charge in [0.05, 0.1) is 5.01 Å². The quantitative estimate of drug-likeness (QED) is 0.763. The summed E-state index contributed by atoms with van der Waals surface area (Å²) >= 11 is 1.49. The van der Waals surface area contributed by atoms with E-state index in [0.717, 1.165) is 18.0 Å². The molecule has 114 valence electrons. The van der Waals surface area contributed by atoms with Crippen LogP contribution in [0.5, 0.6) is 0 Å². The minimum absolute atomic E-state index is 0.100. The van der Waals surface area contributed by atoms with Gasteiger partial charge in [-0.25, -0.2) is 4.98 Å². The molecule has 0 aliphatic carbocycles. The van der Waals surface area contributed by atoms with Gasteiger partial charge in [-0.05, 0) is 34.2 Å². The molecule has 3 N–H and O–H groups in total. The van der Waals surface area contributed by atoms with E-state index in [1.54, 1.807) is 5.38 Å². The first-order chi connectivity index (χ1) is 9.45. The van der Waals surface area contributed by atoms with Gasteiger partial charge in [-0.15, -0.1) is 11.3 Å². The molecule has 0 unspecified atom stereocenters. The van der Waals surface area contributed by atoms with E-state index >= 15 is 0 Å². The highest BCUT2D eigenvalue weighted by atomic mass is 32.1. The highest BCUT2D eigenvalue weighted by Gasteiger charge is 2.14. The molecule has 1 amide bonds. The van der Waals surface area contributed by atoms with Gasteiger partial charge in [-0.2, -0.15) is 0 Å². The van der Waals surface area contributed by atoms with Crippen LogP contribution in [-0.2, 0) is 6.42 Å². The van der Waals surface area contributed by atoms with Gasteiger partial charge >= 0.3 is 0 Å². The van der Waals surface area contributed by atoms with E-state index in [1.165, 1.54) is 11.3 Å². The van der Waals surface area contributed by atoms with Crippen molar-refractivity contribution in [2.45, 2.75) is 46.2 Å². The van der Waals surface area contributed by atoms with Crippen LogP contribution in [0.3, 0.4) is 0 Å². The Kier molecular flexibility index (Phi) is 7.12. The maximum atomic E-state index is 12.0. The lowest BCUT2D eigenvalue weighted by Gasteiger charge is -2.30. The lowest BCUT2D eigenvalue weighted by Crippen LogP contribution is -2.42. The molecule has 0 saturated carbocycles. The summed E-state index contributed by atoms with van der Waals surface area (Å²) in [6.07, 6.45) is 0.729. The van der Waals surface area contributed by atoms with E-state index in [2.05, 4.69) is 42.9 Å². The van der Waals surface area contributed by atoms with Crippen molar-refractivity contribution in [3.05, 3.63) is 16.1 Å². The molecule has 1 rings (SSSR count). The first kappa shape index (κ1) is 17.1. The average molecular weight is 298 g/mol. The molecule has 0 spiro atoms. The van der Waals surface area contributed by atoms with Crippen LogP contribution in [0, 0.1) is 0 Å². The maximum absolute atomic E-state index is 12.0. The second kappa shape index (κ2) is 8.34. The first-order valence-electron chi connectivity index (χ1n) is 7.14. The van der Waals surface area contributed by atoms with Crippen LogP contribution in [0.15, 0.2) is 5.38 Å². The lowest BCUT2D eigenvalue weighted by molar-refractivity contribution is 0.0935. The van der Waals surface area contributed by atoms with Crippen LogP contribution in [-0.4, -0.2) is 47.5 Å². The standard InChI is InChI=1S/C14H26N4OS/c1-10(2)18(11(3)4)8-7-16-14(19)12-9-20-13(17-12)5-6-15/h9-11H,5-8,15H2,1-4H3,(H,16,19). The Morgan fingerprint density at radius 3 is 2.60 bits per heavy atom. The largest absolute Gasteiger partial charge is 0.349 e. The van der Waals surface area contributed by atoms with Crippen molar-refractivity contribution in [2.24, 2.45) is 5.73 Å². The number of nitrogens with one attached hydrogen (secondary N) is 1. The topological polar surface area (TPSA) is 71.2 Å². The number of aromatic nitrogens is 1. The van der Waals surface area contributed by atoms with Crippen molar-refractivity contribution in [1.82, 2.24) is 15.2 Å². The van der Waals surface area contributed by atoms with E-state index < -0.39 is 0 Å². The highest BCUT2D eigenvalue weighted by Crippen LogP contribution is 2.10. The van der Waals surface area contributed by atoms with Crippen LogP contribution in [0.4, 0.5) is 0 Å². The third-order valence-electron chi connectivity index (χ3n) is 3.12. The Morgan fingerprint density at radius 1 is 1.40 bits per heavy atom. The Balaban J connectivity index is 2.42. The first-order valence-corrected chi connectivity index (χ1v) is 8.02. The summed E-state index contributed by atoms with van der Waals surface area (Å²) in [7, 11) is 0. The zero-order valence-electron chi connectivity index (χ0n) is 12.8. The lowest BCUT2D eigenvalue weighted by atomic mass is 10.2. The van der Waals surface area contributed by atoms with Gasteiger partial charge in [0.25, 0.3) is 5.91 Å². The van der Waals surface area contributed by atoms with Crippen LogP contribution in [0.2, 0.25) is 0 Å². The summed E-state index contributed by atoms with van der Waals surface area (Å²) in [6, 6.07) is 0.949. The van der Waals surface area contributed by atoms with Gasteiger partial charge in [0, 0.05) is 37.0 Å². The number of hydrogen-bond donors (Lipinski definition) is 2. The second-order valence-corrected chi connectivity index (χ2v) is 6.29. The van der Waals surface area contributed by atoms with E-state index in [-0.39, 0.29) is 5.91 Å². The van der Waals surface area contributed by atoms with Gasteiger partial charge in [0.2, 0.25) is 0 Å². The number of rotatable bonds is 8.